The Morgan fingerprint density at radius 2 is 2.28 bits per heavy atom. The zero-order valence-corrected chi connectivity index (χ0v) is 14.4. The van der Waals surface area contributed by atoms with E-state index in [-0.39, 0.29) is 0 Å². The number of H-pyrrole nitrogens is 1. The summed E-state index contributed by atoms with van der Waals surface area (Å²) in [5.74, 6) is 1.18. The highest BCUT2D eigenvalue weighted by atomic mass is 16.3. The summed E-state index contributed by atoms with van der Waals surface area (Å²) in [6.07, 6.45) is 8.33. The normalized spacial score (nSPS) is 34.0. The second-order valence-electron chi connectivity index (χ2n) is 7.98. The molecule has 2 aromatic rings. The van der Waals surface area contributed by atoms with E-state index in [1.807, 2.05) is 12.3 Å². The molecular formula is C18H23BN4O2. The molecule has 3 aliphatic rings. The molecule has 0 aromatic carbocycles. The van der Waals surface area contributed by atoms with Crippen LogP contribution in [0.4, 0.5) is 0 Å². The summed E-state index contributed by atoms with van der Waals surface area (Å²) in [6.45, 7) is 2.21. The van der Waals surface area contributed by atoms with Crippen LogP contribution in [0.25, 0.3) is 11.0 Å². The highest BCUT2D eigenvalue weighted by Gasteiger charge is 2.51. The van der Waals surface area contributed by atoms with E-state index in [1.54, 1.807) is 6.20 Å². The first kappa shape index (κ1) is 15.4. The number of aliphatic hydroxyl groups is 1. The van der Waals surface area contributed by atoms with Gasteiger partial charge in [-0.15, -0.1) is 0 Å². The van der Waals surface area contributed by atoms with Crippen molar-refractivity contribution in [2.75, 3.05) is 0 Å². The molecule has 7 heteroatoms. The number of hydrogen-bond donors (Lipinski definition) is 4. The van der Waals surface area contributed by atoms with Crippen LogP contribution in [-0.2, 0) is 0 Å². The van der Waals surface area contributed by atoms with Crippen LogP contribution in [-0.4, -0.2) is 38.5 Å². The maximum Gasteiger partial charge on any atom is 0.465 e. The Morgan fingerprint density at radius 3 is 3.12 bits per heavy atom. The van der Waals surface area contributed by atoms with Crippen molar-refractivity contribution < 1.29 is 10.1 Å². The van der Waals surface area contributed by atoms with Crippen LogP contribution >= 0.6 is 0 Å². The number of aromatic amines is 1. The van der Waals surface area contributed by atoms with Gasteiger partial charge in [0.25, 0.3) is 0 Å². The van der Waals surface area contributed by atoms with Gasteiger partial charge in [0.15, 0.2) is 0 Å². The minimum atomic E-state index is -0.824. The lowest BCUT2D eigenvalue weighted by Crippen LogP contribution is -2.52. The molecule has 3 heterocycles. The minimum Gasteiger partial charge on any atom is -0.428 e. The third kappa shape index (κ3) is 2.18. The molecule has 2 fully saturated rings. The topological polar surface area (TPSA) is 93.5 Å². The third-order valence-corrected chi connectivity index (χ3v) is 6.59. The van der Waals surface area contributed by atoms with E-state index < -0.39 is 12.7 Å². The minimum absolute atomic E-state index is 0.312. The Bertz CT molecular complexity index is 866. The number of pyridine rings is 1. The second-order valence-corrected chi connectivity index (χ2v) is 7.98. The van der Waals surface area contributed by atoms with Gasteiger partial charge >= 0.3 is 7.05 Å². The number of aromatic nitrogens is 2. The molecule has 0 saturated heterocycles. The summed E-state index contributed by atoms with van der Waals surface area (Å²) in [5.41, 5.74) is 3.21. The predicted molar refractivity (Wildman–Crippen MR) is 97.6 cm³/mol. The number of nitrogens with one attached hydrogen (secondary N) is 2. The molecular weight excluding hydrogens is 315 g/mol. The summed E-state index contributed by atoms with van der Waals surface area (Å²) >= 11 is 0. The number of hydrogen-bond acceptors (Lipinski definition) is 5. The Balaban J connectivity index is 1.67. The van der Waals surface area contributed by atoms with Gasteiger partial charge in [-0.2, -0.15) is 5.10 Å². The number of rotatable bonds is 2. The molecule has 0 amide bonds. The zero-order valence-electron chi connectivity index (χ0n) is 14.4. The van der Waals surface area contributed by atoms with Crippen molar-refractivity contribution in [1.29, 1.82) is 0 Å². The van der Waals surface area contributed by atoms with Gasteiger partial charge in [0.1, 0.15) is 5.65 Å². The highest BCUT2D eigenvalue weighted by molar-refractivity contribution is 6.66. The average molecular weight is 338 g/mol. The quantitative estimate of drug-likeness (QED) is 0.618. The molecule has 5 rings (SSSR count). The van der Waals surface area contributed by atoms with Crippen molar-refractivity contribution in [3.05, 3.63) is 24.0 Å². The van der Waals surface area contributed by atoms with Crippen LogP contribution in [0.5, 0.6) is 0 Å². The van der Waals surface area contributed by atoms with Gasteiger partial charge in [-0.1, -0.05) is 13.3 Å². The fourth-order valence-corrected chi connectivity index (χ4v) is 5.50. The van der Waals surface area contributed by atoms with Crippen LogP contribution in [0, 0.1) is 17.8 Å². The number of nitrogens with zero attached hydrogens (tertiary/aromatic N) is 2. The first-order valence-electron chi connectivity index (χ1n) is 9.29. The van der Waals surface area contributed by atoms with Gasteiger partial charge in [0.2, 0.25) is 0 Å². The van der Waals surface area contributed by atoms with E-state index in [2.05, 4.69) is 27.3 Å². The van der Waals surface area contributed by atoms with E-state index in [0.717, 1.165) is 59.9 Å². The standard InChI is InChI=1S/C18H23BN4O2/c1-2-10-7-18(24)5-3-11(8-18)14(10)16-15-12-4-6-20-17(12)21-9-13(15)19(25)23-22-16/h4,6,9-11,14,23-25H,2-3,5,7-8H2,1H3,(H,20,21). The Kier molecular flexibility index (Phi) is 3.28. The largest absolute Gasteiger partial charge is 0.465 e. The second kappa shape index (κ2) is 5.32. The zero-order chi connectivity index (χ0) is 17.2. The SMILES string of the molecule is CCC1CC2(O)CCC(C2)C1C1=NNB(O)c2cnc3[nH]ccc3c21. The molecule has 130 valence electrons. The summed E-state index contributed by atoms with van der Waals surface area (Å²) in [7, 11) is -0.824. The van der Waals surface area contributed by atoms with E-state index in [4.69, 9.17) is 0 Å². The maximum atomic E-state index is 10.8. The van der Waals surface area contributed by atoms with Crippen molar-refractivity contribution in [3.8, 4) is 0 Å². The van der Waals surface area contributed by atoms with Gasteiger partial charge in [-0.3, -0.25) is 0 Å². The molecule has 2 saturated carbocycles. The van der Waals surface area contributed by atoms with Crippen molar-refractivity contribution in [2.24, 2.45) is 22.9 Å². The van der Waals surface area contributed by atoms with Crippen LogP contribution in [0.3, 0.4) is 0 Å². The lowest BCUT2D eigenvalue weighted by Gasteiger charge is -2.41. The molecule has 6 nitrogen and oxygen atoms in total. The van der Waals surface area contributed by atoms with Crippen molar-refractivity contribution in [1.82, 2.24) is 15.3 Å². The van der Waals surface area contributed by atoms with Gasteiger partial charge in [0.05, 0.1) is 11.3 Å². The number of fused-ring (bicyclic) bond motifs is 5. The summed E-state index contributed by atoms with van der Waals surface area (Å²) in [4.78, 5) is 7.60. The summed E-state index contributed by atoms with van der Waals surface area (Å²) in [5, 5.41) is 29.7. The van der Waals surface area contributed by atoms with Crippen molar-refractivity contribution in [3.63, 3.8) is 0 Å². The fraction of sp³-hybridized carbons (Fsp3) is 0.556. The van der Waals surface area contributed by atoms with Crippen molar-refractivity contribution in [2.45, 2.75) is 44.6 Å². The summed E-state index contributed by atoms with van der Waals surface area (Å²) < 4.78 is 0. The molecule has 2 aromatic heterocycles. The Morgan fingerprint density at radius 1 is 1.40 bits per heavy atom. The average Bonchev–Trinajstić information content (AvgIpc) is 3.20. The fourth-order valence-electron chi connectivity index (χ4n) is 5.50. The van der Waals surface area contributed by atoms with Crippen LogP contribution in [0.1, 0.15) is 44.6 Å². The maximum absolute atomic E-state index is 10.8. The first-order chi connectivity index (χ1) is 12.1. The van der Waals surface area contributed by atoms with Gasteiger partial charge in [-0.25, -0.2) is 4.98 Å². The summed E-state index contributed by atoms with van der Waals surface area (Å²) in [6, 6.07) is 2.02. The van der Waals surface area contributed by atoms with Crippen molar-refractivity contribution >= 4 is 29.3 Å². The van der Waals surface area contributed by atoms with E-state index in [0.29, 0.717) is 17.8 Å². The van der Waals surface area contributed by atoms with E-state index in [9.17, 15) is 10.1 Å². The van der Waals surface area contributed by atoms with Gasteiger partial charge in [-0.05, 0) is 43.6 Å². The molecule has 2 bridgehead atoms. The molecule has 4 unspecified atom stereocenters. The molecule has 0 radical (unpaired) electrons. The van der Waals surface area contributed by atoms with Crippen LogP contribution in [0.15, 0.2) is 23.6 Å². The van der Waals surface area contributed by atoms with Gasteiger partial charge < -0.3 is 20.5 Å². The molecule has 1 aliphatic heterocycles. The Labute approximate surface area is 146 Å². The molecule has 2 aliphatic carbocycles. The monoisotopic (exact) mass is 338 g/mol. The number of hydrazone groups is 1. The van der Waals surface area contributed by atoms with Crippen LogP contribution in [0.2, 0.25) is 0 Å². The third-order valence-electron chi connectivity index (χ3n) is 6.59. The highest BCUT2D eigenvalue weighted by Crippen LogP contribution is 2.52. The molecule has 0 spiro atoms. The molecule has 25 heavy (non-hydrogen) atoms. The lowest BCUT2D eigenvalue weighted by molar-refractivity contribution is -0.0121. The Hall–Kier alpha value is -1.86. The molecule has 4 atom stereocenters. The lowest BCUT2D eigenvalue weighted by atomic mass is 9.63. The smallest absolute Gasteiger partial charge is 0.428 e. The van der Waals surface area contributed by atoms with E-state index in [1.165, 1.54) is 0 Å². The van der Waals surface area contributed by atoms with Crippen LogP contribution < -0.4 is 10.8 Å². The molecule has 4 N–H and O–H groups in total. The van der Waals surface area contributed by atoms with Gasteiger partial charge in [0, 0.05) is 34.7 Å². The van der Waals surface area contributed by atoms with E-state index >= 15 is 0 Å². The first-order valence-corrected chi connectivity index (χ1v) is 9.29. The predicted octanol–water partition coefficient (Wildman–Crippen LogP) is 1.13.